The van der Waals surface area contributed by atoms with E-state index in [0.717, 1.165) is 32.1 Å². The van der Waals surface area contributed by atoms with Crippen LogP contribution in [0.3, 0.4) is 0 Å². The number of rotatable bonds is 3. The molecule has 0 aliphatic heterocycles. The highest BCUT2D eigenvalue weighted by Gasteiger charge is 2.52. The van der Waals surface area contributed by atoms with Crippen molar-refractivity contribution >= 4 is 7.80 Å². The monoisotopic (exact) mass is 283 g/mol. The summed E-state index contributed by atoms with van der Waals surface area (Å²) in [5.74, 6) is 0.452. The maximum Gasteiger partial charge on any atom is 0.348 e. The highest BCUT2D eigenvalue weighted by atomic mass is 31.1. The molecule has 2 aliphatic rings. The van der Waals surface area contributed by atoms with Crippen molar-refractivity contribution in [2.75, 3.05) is 0 Å². The molecular formula is C16H28O2P+. The molecule has 2 rings (SSSR count). The molecule has 0 heterocycles. The van der Waals surface area contributed by atoms with Crippen LogP contribution in [0.2, 0.25) is 0 Å². The van der Waals surface area contributed by atoms with Gasteiger partial charge in [0.15, 0.2) is 11.3 Å². The molecule has 2 nitrogen and oxygen atoms in total. The van der Waals surface area contributed by atoms with Crippen LogP contribution in [0.1, 0.15) is 65.2 Å². The molecule has 108 valence electrons. The lowest BCUT2D eigenvalue weighted by Gasteiger charge is -2.36. The molecule has 0 spiro atoms. The topological polar surface area (TPSA) is 37.3 Å². The molecule has 1 unspecified atom stereocenters. The fourth-order valence-electron chi connectivity index (χ4n) is 3.69. The highest BCUT2D eigenvalue weighted by molar-refractivity contribution is 7.46. The summed E-state index contributed by atoms with van der Waals surface area (Å²) >= 11 is 0. The van der Waals surface area contributed by atoms with Gasteiger partial charge in [-0.15, -0.1) is 0 Å². The van der Waals surface area contributed by atoms with Crippen LogP contribution in [0, 0.1) is 5.92 Å². The molecule has 0 amide bonds. The Balaban J connectivity index is 2.09. The van der Waals surface area contributed by atoms with Crippen LogP contribution in [0.5, 0.6) is 0 Å². The molecule has 0 aromatic rings. The molecule has 19 heavy (non-hydrogen) atoms. The summed E-state index contributed by atoms with van der Waals surface area (Å²) in [5.41, 5.74) is 0.773. The molecule has 2 aliphatic carbocycles. The van der Waals surface area contributed by atoms with Gasteiger partial charge in [0.2, 0.25) is 0 Å². The summed E-state index contributed by atoms with van der Waals surface area (Å²) in [4.78, 5) is 0. The van der Waals surface area contributed by atoms with Crippen molar-refractivity contribution in [2.45, 2.75) is 82.1 Å². The zero-order chi connectivity index (χ0) is 14.0. The third kappa shape index (κ3) is 3.47. The molecule has 0 aromatic carbocycles. The lowest BCUT2D eigenvalue weighted by Crippen LogP contribution is -2.43. The molecule has 0 aromatic heterocycles. The number of hydrogen-bond acceptors (Lipinski definition) is 2. The highest BCUT2D eigenvalue weighted by Crippen LogP contribution is 2.52. The van der Waals surface area contributed by atoms with Crippen molar-refractivity contribution in [3.05, 3.63) is 12.2 Å². The van der Waals surface area contributed by atoms with Gasteiger partial charge in [-0.25, -0.2) is 0 Å². The minimum absolute atomic E-state index is 0.0268. The largest absolute Gasteiger partial charge is 0.385 e. The quantitative estimate of drug-likeness (QED) is 0.605. The van der Waals surface area contributed by atoms with Crippen molar-refractivity contribution in [1.82, 2.24) is 0 Å². The summed E-state index contributed by atoms with van der Waals surface area (Å²) in [6, 6.07) is 0. The molecule has 0 bridgehead atoms. The Morgan fingerprint density at radius 3 is 2.47 bits per heavy atom. The number of allylic oxidation sites excluding steroid dienone is 1. The van der Waals surface area contributed by atoms with Crippen LogP contribution in [0.15, 0.2) is 12.2 Å². The molecule has 4 atom stereocenters. The first kappa shape index (κ1) is 15.2. The maximum absolute atomic E-state index is 12.9. The van der Waals surface area contributed by atoms with Crippen molar-refractivity contribution in [1.29, 1.82) is 0 Å². The van der Waals surface area contributed by atoms with Crippen molar-refractivity contribution in [3.63, 3.8) is 0 Å². The fraction of sp³-hybridized carbons (Fsp3) is 0.875. The SMILES string of the molecule is C=C(C)[C@@H]1CC[C@](C)(O)[C@@H]([P+](=O)C2CCCCC2)C1. The predicted octanol–water partition coefficient (Wildman–Crippen LogP) is 4.64. The third-order valence-electron chi connectivity index (χ3n) is 5.16. The van der Waals surface area contributed by atoms with Gasteiger partial charge < -0.3 is 5.11 Å². The number of hydrogen-bond donors (Lipinski definition) is 1. The van der Waals surface area contributed by atoms with E-state index in [0.29, 0.717) is 11.6 Å². The third-order valence-corrected chi connectivity index (χ3v) is 7.78. The van der Waals surface area contributed by atoms with E-state index in [1.807, 2.05) is 6.92 Å². The van der Waals surface area contributed by atoms with Gasteiger partial charge >= 0.3 is 7.80 Å². The van der Waals surface area contributed by atoms with Gasteiger partial charge in [-0.05, 0) is 58.3 Å². The van der Waals surface area contributed by atoms with Gasteiger partial charge in [0.1, 0.15) is 5.60 Å². The molecule has 2 saturated carbocycles. The Morgan fingerprint density at radius 1 is 1.26 bits per heavy atom. The summed E-state index contributed by atoms with van der Waals surface area (Å²) in [6.45, 7) is 8.01. The average molecular weight is 283 g/mol. The average Bonchev–Trinajstić information content (AvgIpc) is 2.38. The minimum atomic E-state index is -1.30. The van der Waals surface area contributed by atoms with E-state index in [1.165, 1.54) is 24.8 Å². The standard InChI is InChI=1S/C16H28O2P/c1-12(2)13-9-10-16(3,17)15(11-13)19(18)14-7-5-4-6-8-14/h13-15,17H,1,4-11H2,2-3H3/q+1/t13-,15+,16+/m1/s1. The van der Waals surface area contributed by atoms with Gasteiger partial charge in [-0.1, -0.05) is 23.1 Å². The molecule has 1 N–H and O–H groups in total. The first-order chi connectivity index (χ1) is 8.92. The smallest absolute Gasteiger partial charge is 0.348 e. The zero-order valence-electron chi connectivity index (χ0n) is 12.4. The Morgan fingerprint density at radius 2 is 1.89 bits per heavy atom. The van der Waals surface area contributed by atoms with E-state index in [2.05, 4.69) is 13.5 Å². The van der Waals surface area contributed by atoms with E-state index < -0.39 is 13.4 Å². The summed E-state index contributed by atoms with van der Waals surface area (Å²) in [5, 5.41) is 10.6. The Labute approximate surface area is 118 Å². The fourth-order valence-corrected chi connectivity index (χ4v) is 6.21. The molecular weight excluding hydrogens is 255 g/mol. The molecule has 3 heteroatoms. The van der Waals surface area contributed by atoms with Gasteiger partial charge in [0, 0.05) is 6.42 Å². The second-order valence-corrected chi connectivity index (χ2v) is 8.92. The van der Waals surface area contributed by atoms with Crippen molar-refractivity contribution in [2.24, 2.45) is 5.92 Å². The van der Waals surface area contributed by atoms with E-state index in [4.69, 9.17) is 0 Å². The lowest BCUT2D eigenvalue weighted by molar-refractivity contribution is 0.0165. The summed E-state index contributed by atoms with van der Waals surface area (Å²) < 4.78 is 12.9. The van der Waals surface area contributed by atoms with Crippen molar-refractivity contribution < 1.29 is 9.67 Å². The second-order valence-electron chi connectivity index (χ2n) is 6.84. The van der Waals surface area contributed by atoms with Gasteiger partial charge in [-0.3, -0.25) is 0 Å². The van der Waals surface area contributed by atoms with Gasteiger partial charge in [0.05, 0.1) is 0 Å². The van der Waals surface area contributed by atoms with Crippen LogP contribution in [0.4, 0.5) is 0 Å². The molecule has 0 radical (unpaired) electrons. The first-order valence-electron chi connectivity index (χ1n) is 7.75. The van der Waals surface area contributed by atoms with Crippen molar-refractivity contribution in [3.8, 4) is 0 Å². The van der Waals surface area contributed by atoms with Gasteiger partial charge in [-0.2, -0.15) is 0 Å². The Kier molecular flexibility index (Phi) is 4.84. The van der Waals surface area contributed by atoms with E-state index >= 15 is 0 Å². The predicted molar refractivity (Wildman–Crippen MR) is 81.0 cm³/mol. The van der Waals surface area contributed by atoms with Crippen LogP contribution >= 0.6 is 7.80 Å². The number of aliphatic hydroxyl groups is 1. The summed E-state index contributed by atoms with van der Waals surface area (Å²) in [6.07, 6.45) is 8.53. The van der Waals surface area contributed by atoms with E-state index in [1.54, 1.807) is 0 Å². The molecule has 2 fully saturated rings. The van der Waals surface area contributed by atoms with Crippen LogP contribution in [-0.2, 0) is 4.57 Å². The van der Waals surface area contributed by atoms with Crippen LogP contribution in [-0.4, -0.2) is 22.0 Å². The summed E-state index contributed by atoms with van der Waals surface area (Å²) in [7, 11) is -1.30. The minimum Gasteiger partial charge on any atom is -0.385 e. The normalized spacial score (nSPS) is 37.9. The Bertz CT molecular complexity index is 356. The first-order valence-corrected chi connectivity index (χ1v) is 9.15. The van der Waals surface area contributed by atoms with Gasteiger partial charge in [0.25, 0.3) is 0 Å². The van der Waals surface area contributed by atoms with Crippen LogP contribution < -0.4 is 0 Å². The van der Waals surface area contributed by atoms with E-state index in [9.17, 15) is 9.67 Å². The Hall–Kier alpha value is -0.200. The second kappa shape index (κ2) is 6.06. The maximum atomic E-state index is 12.9. The van der Waals surface area contributed by atoms with E-state index in [-0.39, 0.29) is 5.66 Å². The van der Waals surface area contributed by atoms with Crippen LogP contribution in [0.25, 0.3) is 0 Å². The molecule has 0 saturated heterocycles. The lowest BCUT2D eigenvalue weighted by atomic mass is 9.77. The zero-order valence-corrected chi connectivity index (χ0v) is 13.3.